The quantitative estimate of drug-likeness (QED) is 0.616. The van der Waals surface area contributed by atoms with Crippen LogP contribution in [-0.2, 0) is 11.2 Å². The number of hydrogen-bond acceptors (Lipinski definition) is 2. The number of benzene rings is 3. The molecule has 154 valence electrons. The summed E-state index contributed by atoms with van der Waals surface area (Å²) < 4.78 is 5.69. The van der Waals surface area contributed by atoms with Crippen LogP contribution >= 0.6 is 0 Å². The molecule has 0 saturated carbocycles. The molecule has 0 radical (unpaired) electrons. The van der Waals surface area contributed by atoms with E-state index in [0.717, 1.165) is 24.8 Å². The van der Waals surface area contributed by atoms with Crippen LogP contribution in [0.5, 0.6) is 5.75 Å². The van der Waals surface area contributed by atoms with Gasteiger partial charge in [0.1, 0.15) is 11.8 Å². The standard InChI is InChI=1S/C26H28N2O2/c1-2-30-24-18-9-8-16-23(24)28-26(29)25(20-12-4-3-5-13-20)27-22-17-10-14-19-11-6-7-15-21(19)22/h3-9,11-13,15-16,18,22,25,27H,2,10,14,17H2,1H3,(H,28,29)/p+1/t22-,25-/m1/s1. The molecular formula is C26H29N2O2+. The molecular weight excluding hydrogens is 372 g/mol. The summed E-state index contributed by atoms with van der Waals surface area (Å²) in [6.07, 6.45) is 3.34. The maximum Gasteiger partial charge on any atom is 0.287 e. The van der Waals surface area contributed by atoms with E-state index in [1.165, 1.54) is 11.1 Å². The SMILES string of the molecule is CCOc1ccccc1NC(=O)[C@H]([NH2+][C@@H]1CCCc2ccccc21)c1ccccc1. The third-order valence-electron chi connectivity index (χ3n) is 5.73. The molecule has 0 saturated heterocycles. The van der Waals surface area contributed by atoms with Gasteiger partial charge in [0.25, 0.3) is 5.91 Å². The molecule has 0 aromatic heterocycles. The van der Waals surface area contributed by atoms with Crippen LogP contribution in [-0.4, -0.2) is 12.5 Å². The first-order chi connectivity index (χ1) is 14.8. The Morgan fingerprint density at radius 3 is 2.60 bits per heavy atom. The molecule has 0 unspecified atom stereocenters. The Labute approximate surface area is 178 Å². The second-order valence-electron chi connectivity index (χ2n) is 7.70. The molecule has 3 aromatic carbocycles. The minimum absolute atomic E-state index is 0.0311. The number of ether oxygens (including phenoxy) is 1. The predicted octanol–water partition coefficient (Wildman–Crippen LogP) is 4.41. The van der Waals surface area contributed by atoms with Gasteiger partial charge >= 0.3 is 0 Å². The zero-order valence-electron chi connectivity index (χ0n) is 17.4. The number of carbonyl (C=O) groups is 1. The Balaban J connectivity index is 1.61. The molecule has 30 heavy (non-hydrogen) atoms. The van der Waals surface area contributed by atoms with Gasteiger partial charge in [0.05, 0.1) is 12.3 Å². The number of rotatable bonds is 7. The normalized spacial score (nSPS) is 16.4. The van der Waals surface area contributed by atoms with Crippen LogP contribution in [0.25, 0.3) is 0 Å². The van der Waals surface area contributed by atoms with Gasteiger partial charge in [-0.05, 0) is 37.5 Å². The minimum Gasteiger partial charge on any atom is -0.492 e. The zero-order chi connectivity index (χ0) is 20.8. The summed E-state index contributed by atoms with van der Waals surface area (Å²) in [4.78, 5) is 13.5. The number of nitrogens with two attached hydrogens (primary N) is 1. The van der Waals surface area contributed by atoms with Gasteiger partial charge in [-0.2, -0.15) is 0 Å². The lowest BCUT2D eigenvalue weighted by Gasteiger charge is -2.27. The molecule has 0 heterocycles. The van der Waals surface area contributed by atoms with E-state index in [2.05, 4.69) is 34.9 Å². The molecule has 4 nitrogen and oxygen atoms in total. The largest absolute Gasteiger partial charge is 0.492 e. The predicted molar refractivity (Wildman–Crippen MR) is 119 cm³/mol. The van der Waals surface area contributed by atoms with Gasteiger partial charge in [-0.15, -0.1) is 0 Å². The number of anilines is 1. The number of nitrogens with one attached hydrogen (secondary N) is 1. The molecule has 0 spiro atoms. The van der Waals surface area contributed by atoms with E-state index in [9.17, 15) is 4.79 Å². The average molecular weight is 402 g/mol. The van der Waals surface area contributed by atoms with Crippen molar-refractivity contribution < 1.29 is 14.8 Å². The molecule has 0 bridgehead atoms. The molecule has 0 fully saturated rings. The Bertz CT molecular complexity index is 987. The van der Waals surface area contributed by atoms with Crippen molar-refractivity contribution in [2.45, 2.75) is 38.3 Å². The van der Waals surface area contributed by atoms with Crippen LogP contribution < -0.4 is 15.4 Å². The van der Waals surface area contributed by atoms with E-state index in [1.807, 2.05) is 61.5 Å². The number of fused-ring (bicyclic) bond motifs is 1. The van der Waals surface area contributed by atoms with Crippen LogP contribution in [0.2, 0.25) is 0 Å². The first-order valence-electron chi connectivity index (χ1n) is 10.8. The number of para-hydroxylation sites is 2. The molecule has 3 aromatic rings. The van der Waals surface area contributed by atoms with Crippen molar-refractivity contribution >= 4 is 11.6 Å². The Kier molecular flexibility index (Phi) is 6.45. The third-order valence-corrected chi connectivity index (χ3v) is 5.73. The smallest absolute Gasteiger partial charge is 0.287 e. The maximum absolute atomic E-state index is 13.5. The summed E-state index contributed by atoms with van der Waals surface area (Å²) in [6, 6.07) is 26.2. The van der Waals surface area contributed by atoms with Crippen LogP contribution in [0.15, 0.2) is 78.9 Å². The van der Waals surface area contributed by atoms with Gasteiger partial charge < -0.3 is 15.4 Å². The van der Waals surface area contributed by atoms with Gasteiger partial charge in [-0.3, -0.25) is 4.79 Å². The lowest BCUT2D eigenvalue weighted by atomic mass is 9.87. The van der Waals surface area contributed by atoms with E-state index in [1.54, 1.807) is 0 Å². The van der Waals surface area contributed by atoms with Gasteiger partial charge in [-0.1, -0.05) is 66.7 Å². The first-order valence-corrected chi connectivity index (χ1v) is 10.8. The Morgan fingerprint density at radius 1 is 1.03 bits per heavy atom. The van der Waals surface area contributed by atoms with Crippen molar-refractivity contribution in [2.24, 2.45) is 0 Å². The topological polar surface area (TPSA) is 54.9 Å². The number of aryl methyl sites for hydroxylation is 1. The third kappa shape index (κ3) is 4.55. The lowest BCUT2D eigenvalue weighted by molar-refractivity contribution is -0.723. The molecule has 4 rings (SSSR count). The molecule has 3 N–H and O–H groups in total. The highest BCUT2D eigenvalue weighted by atomic mass is 16.5. The summed E-state index contributed by atoms with van der Waals surface area (Å²) in [5, 5.41) is 5.34. The number of carbonyl (C=O) groups excluding carboxylic acids is 1. The highest BCUT2D eigenvalue weighted by molar-refractivity contribution is 5.95. The van der Waals surface area contributed by atoms with Crippen molar-refractivity contribution in [2.75, 3.05) is 11.9 Å². The second-order valence-corrected chi connectivity index (χ2v) is 7.70. The first kappa shape index (κ1) is 20.2. The highest BCUT2D eigenvalue weighted by Gasteiger charge is 2.31. The van der Waals surface area contributed by atoms with Crippen LogP contribution in [0.4, 0.5) is 5.69 Å². The summed E-state index contributed by atoms with van der Waals surface area (Å²) in [5.41, 5.74) is 4.47. The van der Waals surface area contributed by atoms with Crippen molar-refractivity contribution in [1.82, 2.24) is 0 Å². The van der Waals surface area contributed by atoms with Gasteiger partial charge in [0.15, 0.2) is 6.04 Å². The number of amides is 1. The Hall–Kier alpha value is -3.11. The fraction of sp³-hybridized carbons (Fsp3) is 0.269. The molecule has 1 aliphatic rings. The van der Waals surface area contributed by atoms with Crippen LogP contribution in [0, 0.1) is 0 Å². The van der Waals surface area contributed by atoms with Gasteiger partial charge in [0, 0.05) is 17.5 Å². The summed E-state index contributed by atoms with van der Waals surface area (Å²) in [6.45, 7) is 2.50. The van der Waals surface area contributed by atoms with Crippen molar-refractivity contribution in [3.63, 3.8) is 0 Å². The van der Waals surface area contributed by atoms with E-state index < -0.39 is 0 Å². The number of hydrogen-bond donors (Lipinski definition) is 2. The second kappa shape index (κ2) is 9.59. The monoisotopic (exact) mass is 401 g/mol. The summed E-state index contributed by atoms with van der Waals surface area (Å²) in [7, 11) is 0. The highest BCUT2D eigenvalue weighted by Crippen LogP contribution is 2.29. The fourth-order valence-corrected chi connectivity index (χ4v) is 4.30. The molecule has 2 atom stereocenters. The molecule has 1 amide bonds. The van der Waals surface area contributed by atoms with Crippen LogP contribution in [0.1, 0.15) is 48.5 Å². The van der Waals surface area contributed by atoms with E-state index in [-0.39, 0.29) is 18.0 Å². The molecule has 4 heteroatoms. The fourth-order valence-electron chi connectivity index (χ4n) is 4.30. The van der Waals surface area contributed by atoms with Gasteiger partial charge in [0.2, 0.25) is 0 Å². The summed E-state index contributed by atoms with van der Waals surface area (Å²) >= 11 is 0. The lowest BCUT2D eigenvalue weighted by Crippen LogP contribution is -2.88. The van der Waals surface area contributed by atoms with Crippen molar-refractivity contribution in [1.29, 1.82) is 0 Å². The molecule has 0 aliphatic heterocycles. The van der Waals surface area contributed by atoms with Crippen molar-refractivity contribution in [3.8, 4) is 5.75 Å². The van der Waals surface area contributed by atoms with E-state index in [0.29, 0.717) is 18.0 Å². The van der Waals surface area contributed by atoms with E-state index >= 15 is 0 Å². The maximum atomic E-state index is 13.5. The number of quaternary nitrogens is 1. The Morgan fingerprint density at radius 2 is 1.77 bits per heavy atom. The van der Waals surface area contributed by atoms with E-state index in [4.69, 9.17) is 4.74 Å². The average Bonchev–Trinajstić information content (AvgIpc) is 2.79. The van der Waals surface area contributed by atoms with Crippen molar-refractivity contribution in [3.05, 3.63) is 95.6 Å². The zero-order valence-corrected chi connectivity index (χ0v) is 17.4. The minimum atomic E-state index is -0.336. The molecule has 1 aliphatic carbocycles. The van der Waals surface area contributed by atoms with Crippen LogP contribution in [0.3, 0.4) is 0 Å². The summed E-state index contributed by atoms with van der Waals surface area (Å²) in [5.74, 6) is 0.666. The van der Waals surface area contributed by atoms with Gasteiger partial charge in [-0.25, -0.2) is 0 Å².